The van der Waals surface area contributed by atoms with E-state index in [1.807, 2.05) is 6.07 Å². The molecule has 96 valence electrons. The van der Waals surface area contributed by atoms with Crippen molar-refractivity contribution in [1.29, 1.82) is 0 Å². The average Bonchev–Trinajstić information content (AvgIpc) is 2.35. The van der Waals surface area contributed by atoms with Gasteiger partial charge in [0, 0.05) is 25.5 Å². The summed E-state index contributed by atoms with van der Waals surface area (Å²) in [4.78, 5) is 3.93. The largest absolute Gasteiger partial charge is 0.382 e. The van der Waals surface area contributed by atoms with E-state index in [-0.39, 0.29) is 6.04 Å². The summed E-state index contributed by atoms with van der Waals surface area (Å²) in [5, 5.41) is 0.643. The van der Waals surface area contributed by atoms with Crippen LogP contribution >= 0.6 is 11.6 Å². The topological polar surface area (TPSA) is 69.4 Å². The fraction of sp³-hybridized carbons (Fsp3) is 0.545. The smallest absolute Gasteiger partial charge is 0.0701 e. The van der Waals surface area contributed by atoms with Crippen LogP contribution in [-0.2, 0) is 15.9 Å². The van der Waals surface area contributed by atoms with E-state index in [9.17, 15) is 0 Å². The van der Waals surface area contributed by atoms with Gasteiger partial charge in [-0.3, -0.25) is 16.3 Å². The number of ether oxygens (including phenoxy) is 2. The highest BCUT2D eigenvalue weighted by Crippen LogP contribution is 2.15. The molecule has 0 amide bonds. The first-order chi connectivity index (χ1) is 8.27. The van der Waals surface area contributed by atoms with Crippen molar-refractivity contribution in [2.24, 2.45) is 5.84 Å². The van der Waals surface area contributed by atoms with E-state index in [2.05, 4.69) is 10.4 Å². The van der Waals surface area contributed by atoms with Gasteiger partial charge in [-0.2, -0.15) is 0 Å². The van der Waals surface area contributed by atoms with Crippen LogP contribution in [0.1, 0.15) is 5.56 Å². The molecule has 0 spiro atoms. The first-order valence-electron chi connectivity index (χ1n) is 5.39. The summed E-state index contributed by atoms with van der Waals surface area (Å²) < 4.78 is 10.3. The highest BCUT2D eigenvalue weighted by molar-refractivity contribution is 6.31. The zero-order valence-electron chi connectivity index (χ0n) is 9.86. The van der Waals surface area contributed by atoms with E-state index in [1.165, 1.54) is 0 Å². The molecule has 0 bridgehead atoms. The lowest BCUT2D eigenvalue weighted by Crippen LogP contribution is -2.40. The minimum Gasteiger partial charge on any atom is -0.382 e. The quantitative estimate of drug-likeness (QED) is 0.410. The Morgan fingerprint density at radius 3 is 3.00 bits per heavy atom. The maximum atomic E-state index is 6.02. The normalized spacial score (nSPS) is 12.6. The van der Waals surface area contributed by atoms with E-state index < -0.39 is 0 Å². The third-order valence-electron chi connectivity index (χ3n) is 2.31. The molecule has 0 aliphatic heterocycles. The molecule has 3 N–H and O–H groups in total. The Kier molecular flexibility index (Phi) is 7.07. The van der Waals surface area contributed by atoms with Gasteiger partial charge in [0.2, 0.25) is 0 Å². The van der Waals surface area contributed by atoms with Crippen LogP contribution in [0.2, 0.25) is 5.02 Å². The van der Waals surface area contributed by atoms with Crippen LogP contribution in [0.4, 0.5) is 0 Å². The van der Waals surface area contributed by atoms with Crippen molar-refractivity contribution >= 4 is 11.6 Å². The van der Waals surface area contributed by atoms with Crippen molar-refractivity contribution in [3.8, 4) is 0 Å². The summed E-state index contributed by atoms with van der Waals surface area (Å²) in [6.07, 6.45) is 4.03. The first-order valence-corrected chi connectivity index (χ1v) is 5.77. The van der Waals surface area contributed by atoms with Crippen molar-refractivity contribution in [2.45, 2.75) is 12.5 Å². The molecule has 0 saturated heterocycles. The number of pyridine rings is 1. The lowest BCUT2D eigenvalue weighted by atomic mass is 10.1. The molecule has 1 aromatic heterocycles. The molecule has 17 heavy (non-hydrogen) atoms. The number of aromatic nitrogens is 1. The average molecular weight is 260 g/mol. The van der Waals surface area contributed by atoms with Gasteiger partial charge in [-0.05, 0) is 18.1 Å². The van der Waals surface area contributed by atoms with Gasteiger partial charge < -0.3 is 9.47 Å². The predicted molar refractivity (Wildman–Crippen MR) is 66.8 cm³/mol. The van der Waals surface area contributed by atoms with Gasteiger partial charge in [0.15, 0.2) is 0 Å². The minimum atomic E-state index is 0.0201. The highest BCUT2D eigenvalue weighted by atomic mass is 35.5. The molecule has 5 nitrogen and oxygen atoms in total. The van der Waals surface area contributed by atoms with E-state index in [0.717, 1.165) is 5.56 Å². The van der Waals surface area contributed by atoms with E-state index in [1.54, 1.807) is 19.5 Å². The molecule has 1 unspecified atom stereocenters. The lowest BCUT2D eigenvalue weighted by molar-refractivity contribution is 0.0587. The second-order valence-electron chi connectivity index (χ2n) is 3.60. The number of nitrogens with zero attached hydrogens (tertiary/aromatic N) is 1. The predicted octanol–water partition coefficient (Wildman–Crippen LogP) is 0.772. The molecular weight excluding hydrogens is 242 g/mol. The standard InChI is InChI=1S/C11H18ClN3O2/c1-16-4-5-17-8-10(15-13)6-9-2-3-14-7-11(9)12/h2-3,7,10,15H,4-6,8,13H2,1H3. The maximum Gasteiger partial charge on any atom is 0.0701 e. The van der Waals surface area contributed by atoms with Gasteiger partial charge in [-0.25, -0.2) is 0 Å². The first kappa shape index (κ1) is 14.3. The van der Waals surface area contributed by atoms with Gasteiger partial charge in [-0.15, -0.1) is 0 Å². The van der Waals surface area contributed by atoms with Crippen LogP contribution < -0.4 is 11.3 Å². The number of nitrogens with one attached hydrogen (secondary N) is 1. The van der Waals surface area contributed by atoms with Gasteiger partial charge in [0.25, 0.3) is 0 Å². The maximum absolute atomic E-state index is 6.02. The van der Waals surface area contributed by atoms with Crippen molar-refractivity contribution < 1.29 is 9.47 Å². The fourth-order valence-corrected chi connectivity index (χ4v) is 1.57. The van der Waals surface area contributed by atoms with Crippen molar-refractivity contribution in [3.05, 3.63) is 29.0 Å². The molecule has 1 atom stereocenters. The Labute approximate surface area is 106 Å². The minimum absolute atomic E-state index is 0.0201. The van der Waals surface area contributed by atoms with E-state index in [4.69, 9.17) is 26.9 Å². The second-order valence-corrected chi connectivity index (χ2v) is 4.01. The number of hydrogen-bond donors (Lipinski definition) is 2. The number of halogens is 1. The summed E-state index contributed by atoms with van der Waals surface area (Å²) in [6, 6.07) is 1.90. The van der Waals surface area contributed by atoms with Crippen LogP contribution in [-0.4, -0.2) is 38.0 Å². The Bertz CT molecular complexity index is 325. The number of nitrogens with two attached hydrogens (primary N) is 1. The Balaban J connectivity index is 2.38. The van der Waals surface area contributed by atoms with E-state index in [0.29, 0.717) is 31.3 Å². The zero-order chi connectivity index (χ0) is 12.5. The molecule has 0 aliphatic rings. The molecule has 1 rings (SSSR count). The second kappa shape index (κ2) is 8.38. The van der Waals surface area contributed by atoms with Crippen LogP contribution in [0.25, 0.3) is 0 Å². The molecule has 0 aromatic carbocycles. The van der Waals surface area contributed by atoms with Gasteiger partial charge in [0.05, 0.1) is 24.8 Å². The Morgan fingerprint density at radius 2 is 2.35 bits per heavy atom. The number of hydrazine groups is 1. The molecule has 0 aliphatic carbocycles. The molecule has 6 heteroatoms. The van der Waals surface area contributed by atoms with Crippen LogP contribution in [0.5, 0.6) is 0 Å². The van der Waals surface area contributed by atoms with Gasteiger partial charge >= 0.3 is 0 Å². The molecule has 0 fully saturated rings. The highest BCUT2D eigenvalue weighted by Gasteiger charge is 2.10. The monoisotopic (exact) mass is 259 g/mol. The van der Waals surface area contributed by atoms with Crippen LogP contribution in [0, 0.1) is 0 Å². The lowest BCUT2D eigenvalue weighted by Gasteiger charge is -2.16. The van der Waals surface area contributed by atoms with Crippen molar-refractivity contribution in [2.75, 3.05) is 26.9 Å². The third kappa shape index (κ3) is 5.43. The molecule has 0 radical (unpaired) electrons. The summed E-state index contributed by atoms with van der Waals surface area (Å²) >= 11 is 6.02. The zero-order valence-corrected chi connectivity index (χ0v) is 10.6. The number of rotatable bonds is 8. The molecule has 1 heterocycles. The summed E-state index contributed by atoms with van der Waals surface area (Å²) in [5.74, 6) is 5.47. The van der Waals surface area contributed by atoms with Crippen LogP contribution in [0.15, 0.2) is 18.5 Å². The number of hydrogen-bond acceptors (Lipinski definition) is 5. The fourth-order valence-electron chi connectivity index (χ4n) is 1.37. The van der Waals surface area contributed by atoms with Crippen molar-refractivity contribution in [1.82, 2.24) is 10.4 Å². The SMILES string of the molecule is COCCOCC(Cc1ccncc1Cl)NN. The Hall–Kier alpha value is -0.720. The van der Waals surface area contributed by atoms with Gasteiger partial charge in [-0.1, -0.05) is 11.6 Å². The Morgan fingerprint density at radius 1 is 1.53 bits per heavy atom. The molecular formula is C11H18ClN3O2. The van der Waals surface area contributed by atoms with Crippen LogP contribution in [0.3, 0.4) is 0 Å². The van der Waals surface area contributed by atoms with Gasteiger partial charge in [0.1, 0.15) is 0 Å². The summed E-state index contributed by atoms with van der Waals surface area (Å²) in [7, 11) is 1.64. The van der Waals surface area contributed by atoms with Crippen molar-refractivity contribution in [3.63, 3.8) is 0 Å². The third-order valence-corrected chi connectivity index (χ3v) is 2.65. The summed E-state index contributed by atoms with van der Waals surface area (Å²) in [6.45, 7) is 1.64. The molecule has 0 saturated carbocycles. The number of methoxy groups -OCH3 is 1. The van der Waals surface area contributed by atoms with E-state index >= 15 is 0 Å². The molecule has 1 aromatic rings. The summed E-state index contributed by atoms with van der Waals surface area (Å²) in [5.41, 5.74) is 3.71.